The molecular formula is C15H21NO3. The average molecular weight is 263 g/mol. The number of aryl methyl sites for hydroxylation is 1. The summed E-state index contributed by atoms with van der Waals surface area (Å²) in [5.41, 5.74) is 2.24. The van der Waals surface area contributed by atoms with Crippen LogP contribution in [0, 0.1) is 6.92 Å². The number of methoxy groups -OCH3 is 1. The molecule has 1 rings (SSSR count). The Morgan fingerprint density at radius 2 is 2.00 bits per heavy atom. The highest BCUT2D eigenvalue weighted by molar-refractivity contribution is 5.83. The van der Waals surface area contributed by atoms with E-state index >= 15 is 0 Å². The average Bonchev–Trinajstić information content (AvgIpc) is 2.36. The van der Waals surface area contributed by atoms with Crippen LogP contribution in [0.2, 0.25) is 0 Å². The molecule has 4 nitrogen and oxygen atoms in total. The Kier molecular flexibility index (Phi) is 6.06. The predicted octanol–water partition coefficient (Wildman–Crippen LogP) is 2.03. The zero-order valence-electron chi connectivity index (χ0n) is 11.8. The van der Waals surface area contributed by atoms with E-state index in [2.05, 4.69) is 11.4 Å². The molecule has 0 unspecified atom stereocenters. The number of amides is 1. The van der Waals surface area contributed by atoms with Crippen LogP contribution in [-0.2, 0) is 16.0 Å². The van der Waals surface area contributed by atoms with Gasteiger partial charge in [-0.2, -0.15) is 0 Å². The number of ketones is 1. The summed E-state index contributed by atoms with van der Waals surface area (Å²) >= 11 is 0. The van der Waals surface area contributed by atoms with Crippen molar-refractivity contribution in [3.8, 4) is 5.75 Å². The Balaban J connectivity index is 2.35. The SMILES string of the molecule is COc1ccc(CCNC(=O)CCC(C)=O)cc1C. The molecule has 0 saturated carbocycles. The molecule has 0 aliphatic rings. The Morgan fingerprint density at radius 3 is 2.58 bits per heavy atom. The second-order valence-corrected chi connectivity index (χ2v) is 4.61. The zero-order chi connectivity index (χ0) is 14.3. The van der Waals surface area contributed by atoms with Crippen LogP contribution in [0.1, 0.15) is 30.9 Å². The summed E-state index contributed by atoms with van der Waals surface area (Å²) in [6.07, 6.45) is 1.36. The number of Topliss-reactive ketones (excluding diaryl/α,β-unsaturated/α-hetero) is 1. The molecule has 0 bridgehead atoms. The molecule has 0 radical (unpaired) electrons. The van der Waals surface area contributed by atoms with Gasteiger partial charge in [0.25, 0.3) is 0 Å². The number of carbonyl (C=O) groups is 2. The summed E-state index contributed by atoms with van der Waals surface area (Å²) in [7, 11) is 1.65. The fourth-order valence-corrected chi connectivity index (χ4v) is 1.82. The third-order valence-electron chi connectivity index (χ3n) is 2.90. The van der Waals surface area contributed by atoms with Gasteiger partial charge in [0.1, 0.15) is 11.5 Å². The molecule has 1 aromatic carbocycles. The molecule has 104 valence electrons. The lowest BCUT2D eigenvalue weighted by molar-refractivity contribution is -0.124. The Hall–Kier alpha value is -1.84. The lowest BCUT2D eigenvalue weighted by Gasteiger charge is -2.08. The maximum absolute atomic E-state index is 11.4. The smallest absolute Gasteiger partial charge is 0.220 e. The predicted molar refractivity (Wildman–Crippen MR) is 74.4 cm³/mol. The highest BCUT2D eigenvalue weighted by Gasteiger charge is 2.04. The van der Waals surface area contributed by atoms with Gasteiger partial charge in [-0.05, 0) is 37.5 Å². The van der Waals surface area contributed by atoms with Crippen molar-refractivity contribution in [3.05, 3.63) is 29.3 Å². The van der Waals surface area contributed by atoms with Crippen molar-refractivity contribution < 1.29 is 14.3 Å². The summed E-state index contributed by atoms with van der Waals surface area (Å²) in [5.74, 6) is 0.843. The first-order valence-corrected chi connectivity index (χ1v) is 6.42. The number of benzene rings is 1. The Morgan fingerprint density at radius 1 is 1.26 bits per heavy atom. The van der Waals surface area contributed by atoms with Crippen molar-refractivity contribution in [2.75, 3.05) is 13.7 Å². The summed E-state index contributed by atoms with van der Waals surface area (Å²) in [6, 6.07) is 5.98. The normalized spacial score (nSPS) is 10.1. The lowest BCUT2D eigenvalue weighted by atomic mass is 10.1. The molecule has 19 heavy (non-hydrogen) atoms. The summed E-state index contributed by atoms with van der Waals surface area (Å²) < 4.78 is 5.20. The van der Waals surface area contributed by atoms with Crippen molar-refractivity contribution in [3.63, 3.8) is 0 Å². The van der Waals surface area contributed by atoms with E-state index in [1.165, 1.54) is 6.92 Å². The summed E-state index contributed by atoms with van der Waals surface area (Å²) in [6.45, 7) is 4.07. The van der Waals surface area contributed by atoms with Gasteiger partial charge in [0.2, 0.25) is 5.91 Å². The van der Waals surface area contributed by atoms with E-state index < -0.39 is 0 Å². The number of hydrogen-bond donors (Lipinski definition) is 1. The summed E-state index contributed by atoms with van der Waals surface area (Å²) in [5, 5.41) is 2.81. The van der Waals surface area contributed by atoms with E-state index in [1.807, 2.05) is 19.1 Å². The van der Waals surface area contributed by atoms with Crippen LogP contribution in [0.5, 0.6) is 5.75 Å². The maximum Gasteiger partial charge on any atom is 0.220 e. The van der Waals surface area contributed by atoms with Gasteiger partial charge in [-0.3, -0.25) is 4.79 Å². The maximum atomic E-state index is 11.4. The fourth-order valence-electron chi connectivity index (χ4n) is 1.82. The van der Waals surface area contributed by atoms with Gasteiger partial charge in [0, 0.05) is 19.4 Å². The third-order valence-corrected chi connectivity index (χ3v) is 2.90. The fraction of sp³-hybridized carbons (Fsp3) is 0.467. The van der Waals surface area contributed by atoms with Crippen LogP contribution < -0.4 is 10.1 Å². The van der Waals surface area contributed by atoms with Gasteiger partial charge < -0.3 is 14.8 Å². The topological polar surface area (TPSA) is 55.4 Å². The van der Waals surface area contributed by atoms with Crippen LogP contribution in [0.4, 0.5) is 0 Å². The second kappa shape index (κ2) is 7.56. The van der Waals surface area contributed by atoms with Crippen LogP contribution >= 0.6 is 0 Å². The van der Waals surface area contributed by atoms with Gasteiger partial charge in [0.05, 0.1) is 7.11 Å². The molecular weight excluding hydrogens is 242 g/mol. The molecule has 0 saturated heterocycles. The Labute approximate surface area is 114 Å². The first-order valence-electron chi connectivity index (χ1n) is 6.42. The lowest BCUT2D eigenvalue weighted by Crippen LogP contribution is -2.25. The van der Waals surface area contributed by atoms with Crippen molar-refractivity contribution in [1.82, 2.24) is 5.32 Å². The van der Waals surface area contributed by atoms with Gasteiger partial charge >= 0.3 is 0 Å². The van der Waals surface area contributed by atoms with Crippen molar-refractivity contribution >= 4 is 11.7 Å². The summed E-state index contributed by atoms with van der Waals surface area (Å²) in [4.78, 5) is 22.2. The van der Waals surface area contributed by atoms with Crippen molar-refractivity contribution in [2.45, 2.75) is 33.1 Å². The van der Waals surface area contributed by atoms with Crippen molar-refractivity contribution in [1.29, 1.82) is 0 Å². The molecule has 0 aliphatic heterocycles. The molecule has 0 atom stereocenters. The molecule has 0 heterocycles. The highest BCUT2D eigenvalue weighted by atomic mass is 16.5. The van der Waals surface area contributed by atoms with E-state index in [0.29, 0.717) is 13.0 Å². The molecule has 0 aliphatic carbocycles. The van der Waals surface area contributed by atoms with E-state index in [0.717, 1.165) is 23.3 Å². The molecule has 0 aromatic heterocycles. The minimum Gasteiger partial charge on any atom is -0.496 e. The second-order valence-electron chi connectivity index (χ2n) is 4.61. The number of carbonyl (C=O) groups excluding carboxylic acids is 2. The van der Waals surface area contributed by atoms with Gasteiger partial charge in [0.15, 0.2) is 0 Å². The quantitative estimate of drug-likeness (QED) is 0.819. The standard InChI is InChI=1S/C15H21NO3/c1-11-10-13(5-6-14(11)19-3)8-9-16-15(18)7-4-12(2)17/h5-6,10H,4,7-9H2,1-3H3,(H,16,18). The molecule has 4 heteroatoms. The zero-order valence-corrected chi connectivity index (χ0v) is 11.8. The van der Waals surface area contributed by atoms with Crippen LogP contribution in [0.25, 0.3) is 0 Å². The van der Waals surface area contributed by atoms with Gasteiger partial charge in [-0.1, -0.05) is 12.1 Å². The van der Waals surface area contributed by atoms with Crippen LogP contribution in [0.3, 0.4) is 0 Å². The number of nitrogens with one attached hydrogen (secondary N) is 1. The number of rotatable bonds is 7. The van der Waals surface area contributed by atoms with Crippen molar-refractivity contribution in [2.24, 2.45) is 0 Å². The number of ether oxygens (including phenoxy) is 1. The van der Waals surface area contributed by atoms with Crippen LogP contribution in [-0.4, -0.2) is 25.3 Å². The first kappa shape index (κ1) is 15.2. The largest absolute Gasteiger partial charge is 0.496 e. The molecule has 1 aromatic rings. The first-order chi connectivity index (χ1) is 9.02. The molecule has 1 N–H and O–H groups in total. The third kappa shape index (κ3) is 5.55. The minimum absolute atomic E-state index is 0.0425. The van der Waals surface area contributed by atoms with E-state index in [4.69, 9.17) is 4.74 Å². The van der Waals surface area contributed by atoms with Crippen LogP contribution in [0.15, 0.2) is 18.2 Å². The van der Waals surface area contributed by atoms with E-state index in [9.17, 15) is 9.59 Å². The highest BCUT2D eigenvalue weighted by Crippen LogP contribution is 2.18. The monoisotopic (exact) mass is 263 g/mol. The molecule has 0 spiro atoms. The molecule has 1 amide bonds. The van der Waals surface area contributed by atoms with Gasteiger partial charge in [-0.25, -0.2) is 0 Å². The van der Waals surface area contributed by atoms with Gasteiger partial charge in [-0.15, -0.1) is 0 Å². The number of hydrogen-bond acceptors (Lipinski definition) is 3. The van der Waals surface area contributed by atoms with E-state index in [1.54, 1.807) is 7.11 Å². The minimum atomic E-state index is -0.0690. The Bertz CT molecular complexity index is 455. The molecule has 0 fully saturated rings. The van der Waals surface area contributed by atoms with E-state index in [-0.39, 0.29) is 18.1 Å².